The van der Waals surface area contributed by atoms with Gasteiger partial charge in [-0.05, 0) is 37.7 Å². The number of nitrogens with one attached hydrogen (secondary N) is 1. The van der Waals surface area contributed by atoms with Gasteiger partial charge in [0.25, 0.3) is 0 Å². The molecule has 2 aromatic rings. The lowest BCUT2D eigenvalue weighted by molar-refractivity contribution is -0.698. The summed E-state index contributed by atoms with van der Waals surface area (Å²) in [5, 5.41) is 6.33. The number of amides is 1. The van der Waals surface area contributed by atoms with E-state index in [1.54, 1.807) is 6.21 Å². The molecule has 0 saturated heterocycles. The van der Waals surface area contributed by atoms with Crippen LogP contribution in [0.2, 0.25) is 0 Å². The van der Waals surface area contributed by atoms with Crippen LogP contribution in [0.4, 0.5) is 0 Å². The molecule has 0 spiro atoms. The van der Waals surface area contributed by atoms with Crippen molar-refractivity contribution in [3.8, 4) is 0 Å². The van der Waals surface area contributed by atoms with Gasteiger partial charge in [-0.3, -0.25) is 4.79 Å². The van der Waals surface area contributed by atoms with E-state index in [0.717, 1.165) is 24.1 Å². The van der Waals surface area contributed by atoms with E-state index >= 15 is 0 Å². The quantitative estimate of drug-likeness (QED) is 0.348. The Labute approximate surface area is 192 Å². The van der Waals surface area contributed by atoms with Gasteiger partial charge in [0.15, 0.2) is 6.04 Å². The van der Waals surface area contributed by atoms with Crippen LogP contribution in [0, 0.1) is 11.3 Å². The van der Waals surface area contributed by atoms with E-state index in [4.69, 9.17) is 0 Å². The first-order valence-electron chi connectivity index (χ1n) is 11.5. The van der Waals surface area contributed by atoms with Crippen LogP contribution in [0.25, 0.3) is 0 Å². The van der Waals surface area contributed by atoms with E-state index in [1.807, 2.05) is 55.5 Å². The molecule has 4 heteroatoms. The third-order valence-electron chi connectivity index (χ3n) is 6.33. The molecule has 1 amide bonds. The number of quaternary nitrogens is 1. The van der Waals surface area contributed by atoms with Crippen molar-refractivity contribution in [3.63, 3.8) is 0 Å². The van der Waals surface area contributed by atoms with E-state index in [9.17, 15) is 4.79 Å². The number of allylic oxidation sites excluding steroid dienone is 4. The van der Waals surface area contributed by atoms with Gasteiger partial charge in [0.2, 0.25) is 0 Å². The average Bonchev–Trinajstić information content (AvgIpc) is 2.78. The molecule has 0 bridgehead atoms. The maximum absolute atomic E-state index is 13.0. The molecule has 1 aliphatic rings. The largest absolute Gasteiger partial charge is 0.328 e. The fourth-order valence-corrected chi connectivity index (χ4v) is 4.42. The van der Waals surface area contributed by atoms with E-state index in [0.29, 0.717) is 5.92 Å². The number of carbonyl (C=O) groups is 1. The van der Waals surface area contributed by atoms with Crippen LogP contribution in [0.5, 0.6) is 0 Å². The van der Waals surface area contributed by atoms with Crippen molar-refractivity contribution < 1.29 is 10.1 Å². The number of hydrogen-bond donors (Lipinski definition) is 2. The Morgan fingerprint density at radius 1 is 1.16 bits per heavy atom. The Kier molecular flexibility index (Phi) is 8.18. The zero-order valence-electron chi connectivity index (χ0n) is 19.7. The summed E-state index contributed by atoms with van der Waals surface area (Å²) in [5.41, 5.74) is 7.62. The molecule has 3 N–H and O–H groups in total. The Morgan fingerprint density at radius 2 is 1.81 bits per heavy atom. The minimum atomic E-state index is -0.361. The van der Waals surface area contributed by atoms with Gasteiger partial charge in [-0.1, -0.05) is 92.2 Å². The average molecular weight is 431 g/mol. The summed E-state index contributed by atoms with van der Waals surface area (Å²) in [5.74, 6) is 0.278. The van der Waals surface area contributed by atoms with Gasteiger partial charge in [0.1, 0.15) is 6.54 Å². The van der Waals surface area contributed by atoms with Gasteiger partial charge in [0, 0.05) is 23.3 Å². The summed E-state index contributed by atoms with van der Waals surface area (Å²) in [4.78, 5) is 13.0. The third-order valence-corrected chi connectivity index (χ3v) is 6.33. The first kappa shape index (κ1) is 23.7. The highest BCUT2D eigenvalue weighted by molar-refractivity contribution is 5.84. The minimum Gasteiger partial charge on any atom is -0.328 e. The van der Waals surface area contributed by atoms with E-state index in [1.165, 1.54) is 17.6 Å². The van der Waals surface area contributed by atoms with Crippen LogP contribution in [0.15, 0.2) is 89.1 Å². The monoisotopic (exact) mass is 430 g/mol. The molecule has 2 atom stereocenters. The van der Waals surface area contributed by atoms with Crippen molar-refractivity contribution in [2.24, 2.45) is 16.4 Å². The van der Waals surface area contributed by atoms with Gasteiger partial charge in [-0.15, -0.1) is 0 Å². The van der Waals surface area contributed by atoms with Gasteiger partial charge >= 0.3 is 5.91 Å². The van der Waals surface area contributed by atoms with Crippen molar-refractivity contribution in [3.05, 3.63) is 95.1 Å². The number of carbonyl (C=O) groups excluding carboxylic acids is 1. The van der Waals surface area contributed by atoms with Crippen LogP contribution >= 0.6 is 0 Å². The minimum absolute atomic E-state index is 0.120. The maximum Gasteiger partial charge on any atom is 0.303 e. The van der Waals surface area contributed by atoms with E-state index in [-0.39, 0.29) is 17.4 Å². The zero-order valence-corrected chi connectivity index (χ0v) is 19.7. The van der Waals surface area contributed by atoms with Crippen molar-refractivity contribution >= 4 is 12.1 Å². The molecule has 4 nitrogen and oxygen atoms in total. The number of hydrazone groups is 1. The maximum atomic E-state index is 13.0. The molecule has 1 aliphatic carbocycles. The third kappa shape index (κ3) is 6.51. The molecule has 2 aromatic carbocycles. The van der Waals surface area contributed by atoms with Gasteiger partial charge < -0.3 is 5.32 Å². The summed E-state index contributed by atoms with van der Waals surface area (Å²) >= 11 is 0. The zero-order chi connectivity index (χ0) is 23.0. The lowest BCUT2D eigenvalue weighted by atomic mass is 9.68. The number of hydrogen-bond acceptors (Lipinski definition) is 2. The topological polar surface area (TPSA) is 58.1 Å². The molecule has 32 heavy (non-hydrogen) atoms. The molecule has 0 heterocycles. The van der Waals surface area contributed by atoms with Crippen LogP contribution < -0.4 is 10.7 Å². The molecule has 0 fully saturated rings. The van der Waals surface area contributed by atoms with Gasteiger partial charge in [0.05, 0.1) is 0 Å². The number of rotatable bonds is 8. The standard InChI is InChI=1S/C28H35N3O/c1-21(18-25-22(2)12-11-17-28(25,3)4)19-30-31-27(32)26(24-15-9-6-10-16-24)29-20-23-13-7-5-8-14-23/h5-10,12-16,18-19,25-26,29H,11,17,20H2,1-4H3,(H,31,32)/p+1/b21-18+,30-19-/t25-,26-/m1/s1. The molecular formula is C28H36N3O+. The number of nitrogens with zero attached hydrogens (tertiary/aromatic N) is 1. The first-order chi connectivity index (χ1) is 15.4. The summed E-state index contributed by atoms with van der Waals surface area (Å²) in [6.45, 7) is 9.62. The van der Waals surface area contributed by atoms with Crippen molar-refractivity contribution in [1.82, 2.24) is 5.43 Å². The van der Waals surface area contributed by atoms with Crippen molar-refractivity contribution in [1.29, 1.82) is 0 Å². The van der Waals surface area contributed by atoms with Crippen molar-refractivity contribution in [2.75, 3.05) is 0 Å². The van der Waals surface area contributed by atoms with Gasteiger partial charge in [-0.2, -0.15) is 5.10 Å². The molecule has 168 valence electrons. The summed E-state index contributed by atoms with van der Waals surface area (Å²) in [6, 6.07) is 19.7. The predicted molar refractivity (Wildman–Crippen MR) is 132 cm³/mol. The van der Waals surface area contributed by atoms with E-state index in [2.05, 4.69) is 60.9 Å². The molecule has 3 rings (SSSR count). The molecular weight excluding hydrogens is 394 g/mol. The van der Waals surface area contributed by atoms with Crippen LogP contribution in [0.3, 0.4) is 0 Å². The molecule has 0 radical (unpaired) electrons. The molecule has 0 aromatic heterocycles. The number of nitrogens with two attached hydrogens (primary N) is 1. The fraction of sp³-hybridized carbons (Fsp3) is 0.357. The highest BCUT2D eigenvalue weighted by atomic mass is 16.2. The second-order valence-corrected chi connectivity index (χ2v) is 9.41. The normalized spacial score (nSPS) is 19.4. The molecule has 0 unspecified atom stereocenters. The second-order valence-electron chi connectivity index (χ2n) is 9.41. The summed E-state index contributed by atoms with van der Waals surface area (Å²) in [6.07, 6.45) is 8.70. The van der Waals surface area contributed by atoms with Crippen molar-refractivity contribution in [2.45, 2.75) is 53.1 Å². The Morgan fingerprint density at radius 3 is 2.47 bits per heavy atom. The molecule has 0 aliphatic heterocycles. The SMILES string of the molecule is CC1=CCCC(C)(C)[C@@H]1/C=C(C)/C=N\NC(=O)[C@H]([NH2+]Cc1ccccc1)c1ccccc1. The fourth-order valence-electron chi connectivity index (χ4n) is 4.42. The second kappa shape index (κ2) is 11.1. The number of benzene rings is 2. The predicted octanol–water partition coefficient (Wildman–Crippen LogP) is 4.92. The summed E-state index contributed by atoms with van der Waals surface area (Å²) < 4.78 is 0. The highest BCUT2D eigenvalue weighted by Crippen LogP contribution is 2.41. The summed E-state index contributed by atoms with van der Waals surface area (Å²) in [7, 11) is 0. The van der Waals surface area contributed by atoms with E-state index < -0.39 is 0 Å². The Balaban J connectivity index is 1.67. The lowest BCUT2D eigenvalue weighted by Gasteiger charge is -2.37. The van der Waals surface area contributed by atoms with Crippen LogP contribution in [0.1, 0.15) is 57.7 Å². The Bertz CT molecular complexity index is 974. The van der Waals surface area contributed by atoms with Crippen LogP contribution in [-0.2, 0) is 11.3 Å². The highest BCUT2D eigenvalue weighted by Gasteiger charge is 2.31. The van der Waals surface area contributed by atoms with Gasteiger partial charge in [-0.25, -0.2) is 5.43 Å². The van der Waals surface area contributed by atoms with Crippen LogP contribution in [-0.4, -0.2) is 12.1 Å². The first-order valence-corrected chi connectivity index (χ1v) is 11.5. The smallest absolute Gasteiger partial charge is 0.303 e. The lowest BCUT2D eigenvalue weighted by Crippen LogP contribution is -2.86. The Hall–Kier alpha value is -2.98. The molecule has 0 saturated carbocycles.